The van der Waals surface area contributed by atoms with E-state index in [0.29, 0.717) is 17.7 Å². The van der Waals surface area contributed by atoms with E-state index in [1.807, 2.05) is 42.2 Å². The van der Waals surface area contributed by atoms with E-state index in [0.717, 1.165) is 43.1 Å². The van der Waals surface area contributed by atoms with Crippen molar-refractivity contribution in [3.63, 3.8) is 0 Å². The molecule has 2 saturated heterocycles. The van der Waals surface area contributed by atoms with Crippen LogP contribution in [0.2, 0.25) is 0 Å². The molecule has 2 aliphatic rings. The minimum atomic E-state index is 0.0622. The highest BCUT2D eigenvalue weighted by molar-refractivity contribution is 5.94. The van der Waals surface area contributed by atoms with Crippen molar-refractivity contribution in [1.29, 1.82) is 0 Å². The van der Waals surface area contributed by atoms with E-state index in [1.165, 1.54) is 0 Å². The summed E-state index contributed by atoms with van der Waals surface area (Å²) in [5, 5.41) is 3.38. The number of carbonyl (C=O) groups is 1. The molecule has 1 aromatic carbocycles. The van der Waals surface area contributed by atoms with Gasteiger partial charge in [-0.1, -0.05) is 30.3 Å². The van der Waals surface area contributed by atoms with Gasteiger partial charge in [-0.2, -0.15) is 0 Å². The van der Waals surface area contributed by atoms with Crippen LogP contribution in [0.25, 0.3) is 11.4 Å². The van der Waals surface area contributed by atoms with Gasteiger partial charge in [0.25, 0.3) is 5.91 Å². The normalized spacial score (nSPS) is 23.8. The lowest BCUT2D eigenvalue weighted by atomic mass is 10.1. The van der Waals surface area contributed by atoms with Gasteiger partial charge in [-0.3, -0.25) is 4.79 Å². The number of rotatable bonds is 2. The number of imidazole rings is 1. The molecule has 2 atom stereocenters. The standard InChI is InChI=1S/C17H20N4O/c1-11-15(20-16(19-11)12-5-3-2-4-6-12)17(22)21-8-7-13-9-18-10-14(13)21/h2-6,13-14,18H,7-10H2,1H3,(H,19,20)/t13-,14+/m0/s1. The zero-order valence-electron chi connectivity index (χ0n) is 12.7. The first-order valence-electron chi connectivity index (χ1n) is 7.88. The maximum Gasteiger partial charge on any atom is 0.274 e. The van der Waals surface area contributed by atoms with Crippen LogP contribution in [0.5, 0.6) is 0 Å². The Hall–Kier alpha value is -2.14. The Morgan fingerprint density at radius 2 is 2.09 bits per heavy atom. The number of benzene rings is 1. The van der Waals surface area contributed by atoms with Crippen molar-refractivity contribution in [1.82, 2.24) is 20.2 Å². The largest absolute Gasteiger partial charge is 0.341 e. The van der Waals surface area contributed by atoms with Crippen molar-refractivity contribution in [3.8, 4) is 11.4 Å². The average Bonchev–Trinajstić information content (AvgIpc) is 3.22. The first-order valence-corrected chi connectivity index (χ1v) is 7.88. The molecule has 0 radical (unpaired) electrons. The number of hydrogen-bond acceptors (Lipinski definition) is 3. The third-order valence-electron chi connectivity index (χ3n) is 4.84. The molecule has 2 aromatic rings. The van der Waals surface area contributed by atoms with E-state index < -0.39 is 0 Å². The topological polar surface area (TPSA) is 61.0 Å². The molecule has 2 aliphatic heterocycles. The van der Waals surface area contributed by atoms with Gasteiger partial charge in [0.1, 0.15) is 11.5 Å². The fourth-order valence-electron chi connectivity index (χ4n) is 3.64. The average molecular weight is 296 g/mol. The van der Waals surface area contributed by atoms with Gasteiger partial charge in [0.2, 0.25) is 0 Å². The molecule has 1 aromatic heterocycles. The molecule has 0 aliphatic carbocycles. The molecule has 0 spiro atoms. The fourth-order valence-corrected chi connectivity index (χ4v) is 3.64. The summed E-state index contributed by atoms with van der Waals surface area (Å²) in [5.74, 6) is 1.44. The molecule has 0 unspecified atom stereocenters. The SMILES string of the molecule is Cc1[nH]c(-c2ccccc2)nc1C(=O)N1CC[C@H]2CNC[C@H]21. The van der Waals surface area contributed by atoms with Gasteiger partial charge >= 0.3 is 0 Å². The highest BCUT2D eigenvalue weighted by atomic mass is 16.2. The number of likely N-dealkylation sites (tertiary alicyclic amines) is 1. The summed E-state index contributed by atoms with van der Waals surface area (Å²) in [7, 11) is 0. The van der Waals surface area contributed by atoms with Gasteiger partial charge in [0.15, 0.2) is 0 Å². The molecule has 5 nitrogen and oxygen atoms in total. The second-order valence-corrected chi connectivity index (χ2v) is 6.20. The summed E-state index contributed by atoms with van der Waals surface area (Å²) >= 11 is 0. The van der Waals surface area contributed by atoms with E-state index in [2.05, 4.69) is 15.3 Å². The summed E-state index contributed by atoms with van der Waals surface area (Å²) < 4.78 is 0. The van der Waals surface area contributed by atoms with Crippen molar-refractivity contribution in [2.45, 2.75) is 19.4 Å². The second-order valence-electron chi connectivity index (χ2n) is 6.20. The summed E-state index contributed by atoms with van der Waals surface area (Å²) in [6, 6.07) is 10.3. The molecule has 22 heavy (non-hydrogen) atoms. The number of aromatic amines is 1. The molecular weight excluding hydrogens is 276 g/mol. The number of hydrogen-bond donors (Lipinski definition) is 2. The number of aryl methyl sites for hydroxylation is 1. The van der Waals surface area contributed by atoms with Crippen LogP contribution < -0.4 is 5.32 Å². The second kappa shape index (κ2) is 5.25. The number of carbonyl (C=O) groups excluding carboxylic acids is 1. The molecule has 3 heterocycles. The maximum atomic E-state index is 12.9. The minimum Gasteiger partial charge on any atom is -0.341 e. The van der Waals surface area contributed by atoms with Crippen LogP contribution in [0.4, 0.5) is 0 Å². The van der Waals surface area contributed by atoms with Gasteiger partial charge in [0.05, 0.1) is 0 Å². The summed E-state index contributed by atoms with van der Waals surface area (Å²) in [6.45, 7) is 4.71. The van der Waals surface area contributed by atoms with Crippen molar-refractivity contribution in [2.24, 2.45) is 5.92 Å². The number of amides is 1. The molecule has 4 rings (SSSR count). The molecule has 5 heteroatoms. The van der Waals surface area contributed by atoms with E-state index in [9.17, 15) is 4.79 Å². The fraction of sp³-hybridized carbons (Fsp3) is 0.412. The Labute approximate surface area is 129 Å². The van der Waals surface area contributed by atoms with Crippen LogP contribution in [0.3, 0.4) is 0 Å². The third kappa shape index (κ3) is 2.13. The van der Waals surface area contributed by atoms with E-state index in [1.54, 1.807) is 0 Å². The number of aromatic nitrogens is 2. The highest BCUT2D eigenvalue weighted by Crippen LogP contribution is 2.29. The highest BCUT2D eigenvalue weighted by Gasteiger charge is 2.41. The summed E-state index contributed by atoms with van der Waals surface area (Å²) in [6.07, 6.45) is 1.10. The number of H-pyrrole nitrogens is 1. The Kier molecular flexibility index (Phi) is 3.22. The minimum absolute atomic E-state index is 0.0622. The van der Waals surface area contributed by atoms with Gasteiger partial charge in [-0.25, -0.2) is 4.98 Å². The third-order valence-corrected chi connectivity index (χ3v) is 4.84. The predicted molar refractivity (Wildman–Crippen MR) is 84.6 cm³/mol. The molecule has 0 bridgehead atoms. The van der Waals surface area contributed by atoms with Crippen molar-refractivity contribution in [2.75, 3.05) is 19.6 Å². The molecule has 2 fully saturated rings. The molecule has 114 valence electrons. The van der Waals surface area contributed by atoms with E-state index in [-0.39, 0.29) is 5.91 Å². The number of nitrogens with zero attached hydrogens (tertiary/aromatic N) is 2. The van der Waals surface area contributed by atoms with Crippen molar-refractivity contribution in [3.05, 3.63) is 41.7 Å². The van der Waals surface area contributed by atoms with Crippen LogP contribution in [-0.4, -0.2) is 46.5 Å². The van der Waals surface area contributed by atoms with E-state index in [4.69, 9.17) is 0 Å². The Morgan fingerprint density at radius 3 is 2.91 bits per heavy atom. The maximum absolute atomic E-state index is 12.9. The molecule has 0 saturated carbocycles. The predicted octanol–water partition coefficient (Wildman–Crippen LogP) is 1.82. The summed E-state index contributed by atoms with van der Waals surface area (Å²) in [5.41, 5.74) is 2.41. The number of nitrogens with one attached hydrogen (secondary N) is 2. The van der Waals surface area contributed by atoms with Gasteiger partial charge in [-0.15, -0.1) is 0 Å². The molecule has 2 N–H and O–H groups in total. The van der Waals surface area contributed by atoms with Crippen LogP contribution in [0.1, 0.15) is 22.6 Å². The van der Waals surface area contributed by atoms with Crippen molar-refractivity contribution >= 4 is 5.91 Å². The lowest BCUT2D eigenvalue weighted by Crippen LogP contribution is -2.39. The summed E-state index contributed by atoms with van der Waals surface area (Å²) in [4.78, 5) is 22.7. The lowest BCUT2D eigenvalue weighted by molar-refractivity contribution is 0.0731. The lowest BCUT2D eigenvalue weighted by Gasteiger charge is -2.22. The molecular formula is C17H20N4O. The molecule has 1 amide bonds. The quantitative estimate of drug-likeness (QED) is 0.888. The van der Waals surface area contributed by atoms with Crippen LogP contribution in [0.15, 0.2) is 30.3 Å². The van der Waals surface area contributed by atoms with Crippen LogP contribution in [0, 0.1) is 12.8 Å². The van der Waals surface area contributed by atoms with Crippen LogP contribution >= 0.6 is 0 Å². The monoisotopic (exact) mass is 296 g/mol. The Bertz CT molecular complexity index is 694. The smallest absolute Gasteiger partial charge is 0.274 e. The Balaban J connectivity index is 1.63. The van der Waals surface area contributed by atoms with Gasteiger partial charge in [-0.05, 0) is 19.3 Å². The first-order chi connectivity index (χ1) is 10.7. The zero-order chi connectivity index (χ0) is 15.1. The zero-order valence-corrected chi connectivity index (χ0v) is 12.7. The van der Waals surface area contributed by atoms with E-state index >= 15 is 0 Å². The number of fused-ring (bicyclic) bond motifs is 1. The van der Waals surface area contributed by atoms with Crippen molar-refractivity contribution < 1.29 is 4.79 Å². The first kappa shape index (κ1) is 13.5. The Morgan fingerprint density at radius 1 is 1.27 bits per heavy atom. The van der Waals surface area contributed by atoms with Crippen LogP contribution in [-0.2, 0) is 0 Å². The van der Waals surface area contributed by atoms with Gasteiger partial charge in [0, 0.05) is 36.9 Å². The van der Waals surface area contributed by atoms with Gasteiger partial charge < -0.3 is 15.2 Å².